The van der Waals surface area contributed by atoms with E-state index in [4.69, 9.17) is 10.8 Å². The Kier molecular flexibility index (Phi) is 4.09. The van der Waals surface area contributed by atoms with Crippen LogP contribution in [0.3, 0.4) is 0 Å². The zero-order valence-corrected chi connectivity index (χ0v) is 10.9. The molecule has 1 aromatic heterocycles. The van der Waals surface area contributed by atoms with Gasteiger partial charge in [-0.1, -0.05) is 0 Å². The summed E-state index contributed by atoms with van der Waals surface area (Å²) in [7, 11) is 1.80. The first-order valence-corrected chi connectivity index (χ1v) is 6.18. The fraction of sp³-hybridized carbons (Fsp3) is 0.286. The third kappa shape index (κ3) is 2.89. The Hall–Kier alpha value is -1.98. The maximum absolute atomic E-state index is 9.56. The molecule has 0 saturated heterocycles. The van der Waals surface area contributed by atoms with Gasteiger partial charge in [-0.3, -0.25) is 0 Å². The van der Waals surface area contributed by atoms with E-state index in [2.05, 4.69) is 10.3 Å². The zero-order valence-electron chi connectivity index (χ0n) is 10.9. The number of hydrogen-bond donors (Lipinski definition) is 5. The molecule has 0 saturated carbocycles. The molecule has 0 spiro atoms. The van der Waals surface area contributed by atoms with Gasteiger partial charge in [-0.05, 0) is 29.8 Å². The van der Waals surface area contributed by atoms with Crippen molar-refractivity contribution < 1.29 is 10.2 Å². The van der Waals surface area contributed by atoms with Crippen LogP contribution in [0, 0.1) is 0 Å². The molecule has 2 rings (SSSR count). The minimum atomic E-state index is -0.759. The van der Waals surface area contributed by atoms with Gasteiger partial charge in [-0.25, -0.2) is 0 Å². The van der Waals surface area contributed by atoms with Crippen LogP contribution in [0.25, 0.3) is 11.3 Å². The molecule has 1 aromatic carbocycles. The van der Waals surface area contributed by atoms with Crippen molar-refractivity contribution in [3.05, 3.63) is 36.0 Å². The molecule has 2 aromatic rings. The Bertz CT molecular complexity index is 538. The monoisotopic (exact) mass is 261 g/mol. The van der Waals surface area contributed by atoms with Crippen LogP contribution in [0.1, 0.15) is 5.56 Å². The van der Waals surface area contributed by atoms with Crippen molar-refractivity contribution in [1.29, 1.82) is 0 Å². The van der Waals surface area contributed by atoms with Gasteiger partial charge < -0.3 is 26.2 Å². The summed E-state index contributed by atoms with van der Waals surface area (Å²) in [6.45, 7) is -0.253. The first-order chi connectivity index (χ1) is 9.15. The van der Waals surface area contributed by atoms with E-state index in [0.29, 0.717) is 12.1 Å². The number of aliphatic hydroxyl groups is 2. The third-order valence-corrected chi connectivity index (χ3v) is 3.08. The predicted octanol–water partition coefficient (Wildman–Crippen LogP) is 1.20. The lowest BCUT2D eigenvalue weighted by Gasteiger charge is -2.14. The van der Waals surface area contributed by atoms with E-state index in [1.807, 2.05) is 30.5 Å². The van der Waals surface area contributed by atoms with E-state index in [1.54, 1.807) is 7.05 Å². The van der Waals surface area contributed by atoms with Crippen LogP contribution in [-0.2, 0) is 6.42 Å². The molecule has 19 heavy (non-hydrogen) atoms. The normalized spacial score (nSPS) is 12.4. The Morgan fingerprint density at radius 2 is 2.21 bits per heavy atom. The Balaban J connectivity index is 2.44. The molecule has 0 aliphatic carbocycles. The standard InChI is InChI=1S/C14H19N3O2/c1-16-13-7-9(5-10(19)8-18)6-11(14(13)15)12-3-2-4-17-12/h2-4,6-7,10,16-19H,5,8,15H2,1H3. The van der Waals surface area contributed by atoms with E-state index in [-0.39, 0.29) is 6.61 Å². The van der Waals surface area contributed by atoms with Crippen molar-refractivity contribution in [2.75, 3.05) is 24.7 Å². The lowest BCUT2D eigenvalue weighted by Crippen LogP contribution is -2.15. The van der Waals surface area contributed by atoms with Gasteiger partial charge in [0.2, 0.25) is 0 Å². The lowest BCUT2D eigenvalue weighted by molar-refractivity contribution is 0.0955. The first kappa shape index (κ1) is 13.5. The van der Waals surface area contributed by atoms with E-state index >= 15 is 0 Å². The van der Waals surface area contributed by atoms with Crippen LogP contribution in [0.5, 0.6) is 0 Å². The van der Waals surface area contributed by atoms with E-state index in [9.17, 15) is 5.11 Å². The maximum atomic E-state index is 9.56. The van der Waals surface area contributed by atoms with Crippen molar-refractivity contribution in [3.8, 4) is 11.3 Å². The number of nitrogens with two attached hydrogens (primary N) is 1. The van der Waals surface area contributed by atoms with Crippen LogP contribution in [0.4, 0.5) is 11.4 Å². The molecule has 102 valence electrons. The summed E-state index contributed by atoms with van der Waals surface area (Å²) in [6.07, 6.45) is 1.47. The quantitative estimate of drug-likeness (QED) is 0.523. The summed E-state index contributed by atoms with van der Waals surface area (Å²) in [5, 5.41) is 21.5. The Morgan fingerprint density at radius 1 is 1.42 bits per heavy atom. The van der Waals surface area contributed by atoms with Gasteiger partial charge in [0.15, 0.2) is 0 Å². The number of H-pyrrole nitrogens is 1. The fourth-order valence-electron chi connectivity index (χ4n) is 2.10. The molecule has 1 unspecified atom stereocenters. The first-order valence-electron chi connectivity index (χ1n) is 6.18. The number of nitrogen functional groups attached to an aromatic ring is 1. The highest BCUT2D eigenvalue weighted by molar-refractivity contribution is 5.84. The second-order valence-corrected chi connectivity index (χ2v) is 4.48. The van der Waals surface area contributed by atoms with Gasteiger partial charge in [0, 0.05) is 30.9 Å². The molecule has 0 fully saturated rings. The van der Waals surface area contributed by atoms with Gasteiger partial charge in [-0.2, -0.15) is 0 Å². The number of anilines is 2. The average molecular weight is 261 g/mol. The summed E-state index contributed by atoms with van der Waals surface area (Å²) in [5.74, 6) is 0. The van der Waals surface area contributed by atoms with Crippen molar-refractivity contribution in [1.82, 2.24) is 4.98 Å². The van der Waals surface area contributed by atoms with Crippen molar-refractivity contribution in [2.45, 2.75) is 12.5 Å². The SMILES string of the molecule is CNc1cc(CC(O)CO)cc(-c2ccc[nH]2)c1N. The Morgan fingerprint density at radius 3 is 2.79 bits per heavy atom. The highest BCUT2D eigenvalue weighted by atomic mass is 16.3. The summed E-state index contributed by atoms with van der Waals surface area (Å²) < 4.78 is 0. The van der Waals surface area contributed by atoms with Crippen molar-refractivity contribution >= 4 is 11.4 Å². The second-order valence-electron chi connectivity index (χ2n) is 4.48. The predicted molar refractivity (Wildman–Crippen MR) is 77.0 cm³/mol. The van der Waals surface area contributed by atoms with Crippen LogP contribution < -0.4 is 11.1 Å². The summed E-state index contributed by atoms with van der Waals surface area (Å²) in [5.41, 5.74) is 10.3. The number of aromatic amines is 1. The third-order valence-electron chi connectivity index (χ3n) is 3.08. The van der Waals surface area contributed by atoms with Gasteiger partial charge in [-0.15, -0.1) is 0 Å². The molecule has 5 nitrogen and oxygen atoms in total. The summed E-state index contributed by atoms with van der Waals surface area (Å²) in [6, 6.07) is 7.67. The molecular weight excluding hydrogens is 242 g/mol. The minimum absolute atomic E-state index is 0.253. The molecule has 6 N–H and O–H groups in total. The molecule has 0 bridgehead atoms. The molecule has 0 amide bonds. The van der Waals surface area contributed by atoms with Crippen LogP contribution in [0.2, 0.25) is 0 Å². The number of rotatable bonds is 5. The molecule has 0 aliphatic rings. The van der Waals surface area contributed by atoms with E-state index < -0.39 is 6.10 Å². The van der Waals surface area contributed by atoms with Crippen molar-refractivity contribution in [2.24, 2.45) is 0 Å². The smallest absolute Gasteiger partial charge is 0.0811 e. The highest BCUT2D eigenvalue weighted by Gasteiger charge is 2.12. The van der Waals surface area contributed by atoms with Crippen molar-refractivity contribution in [3.63, 3.8) is 0 Å². The van der Waals surface area contributed by atoms with Crippen LogP contribution >= 0.6 is 0 Å². The molecule has 1 heterocycles. The zero-order chi connectivity index (χ0) is 13.8. The average Bonchev–Trinajstić information content (AvgIpc) is 2.94. The minimum Gasteiger partial charge on any atom is -0.397 e. The fourth-order valence-corrected chi connectivity index (χ4v) is 2.10. The summed E-state index contributed by atoms with van der Waals surface area (Å²) >= 11 is 0. The van der Waals surface area contributed by atoms with Crippen LogP contribution in [0.15, 0.2) is 30.5 Å². The molecule has 0 radical (unpaired) electrons. The van der Waals surface area contributed by atoms with Crippen LogP contribution in [-0.4, -0.2) is 35.0 Å². The number of nitrogens with one attached hydrogen (secondary N) is 2. The number of aromatic nitrogens is 1. The molecule has 0 aliphatic heterocycles. The lowest BCUT2D eigenvalue weighted by atomic mass is 10.0. The molecular formula is C14H19N3O2. The topological polar surface area (TPSA) is 94.3 Å². The van der Waals surface area contributed by atoms with Gasteiger partial charge in [0.25, 0.3) is 0 Å². The Labute approximate surface area is 112 Å². The van der Waals surface area contributed by atoms with Gasteiger partial charge >= 0.3 is 0 Å². The van der Waals surface area contributed by atoms with E-state index in [0.717, 1.165) is 22.5 Å². The largest absolute Gasteiger partial charge is 0.397 e. The second kappa shape index (κ2) is 5.77. The maximum Gasteiger partial charge on any atom is 0.0811 e. The van der Waals surface area contributed by atoms with Gasteiger partial charge in [0.1, 0.15) is 0 Å². The number of hydrogen-bond acceptors (Lipinski definition) is 4. The highest BCUT2D eigenvalue weighted by Crippen LogP contribution is 2.32. The molecule has 1 atom stereocenters. The summed E-state index contributed by atoms with van der Waals surface area (Å²) in [4.78, 5) is 3.12. The number of aliphatic hydroxyl groups excluding tert-OH is 2. The van der Waals surface area contributed by atoms with E-state index in [1.165, 1.54) is 0 Å². The number of benzene rings is 1. The molecule has 5 heteroatoms. The van der Waals surface area contributed by atoms with Gasteiger partial charge in [0.05, 0.1) is 24.1 Å².